The number of amides is 1. The van der Waals surface area contributed by atoms with Crippen molar-refractivity contribution < 1.29 is 4.79 Å². The molecule has 0 spiro atoms. The Morgan fingerprint density at radius 2 is 2.10 bits per heavy atom. The number of anilines is 1. The second kappa shape index (κ2) is 5.70. The third-order valence-electron chi connectivity index (χ3n) is 3.73. The number of carbonyl (C=O) groups is 1. The maximum atomic E-state index is 12.4. The molecule has 3 nitrogen and oxygen atoms in total. The molecule has 0 saturated heterocycles. The summed E-state index contributed by atoms with van der Waals surface area (Å²) in [6, 6.07) is 11.1. The molecule has 2 aromatic rings. The molecule has 1 amide bonds. The fraction of sp³-hybridized carbons (Fsp3) is 0.188. The maximum Gasteiger partial charge on any atom is 0.252 e. The molecule has 0 fully saturated rings. The summed E-state index contributed by atoms with van der Waals surface area (Å²) in [5.41, 5.74) is 9.52. The fourth-order valence-electron chi connectivity index (χ4n) is 2.70. The summed E-state index contributed by atoms with van der Waals surface area (Å²) in [4.78, 5) is 12.4. The van der Waals surface area contributed by atoms with E-state index in [2.05, 4.69) is 21.2 Å². The first kappa shape index (κ1) is 14.4. The molecule has 0 aliphatic heterocycles. The third kappa shape index (κ3) is 2.92. The van der Waals surface area contributed by atoms with Gasteiger partial charge in [0.2, 0.25) is 0 Å². The lowest BCUT2D eigenvalue weighted by atomic mass is 10.1. The molecular weight excluding hydrogens is 352 g/mol. The first-order valence-electron chi connectivity index (χ1n) is 6.69. The van der Waals surface area contributed by atoms with Gasteiger partial charge in [-0.15, -0.1) is 0 Å². The van der Waals surface area contributed by atoms with Crippen LogP contribution >= 0.6 is 27.5 Å². The molecule has 0 bridgehead atoms. The van der Waals surface area contributed by atoms with Crippen LogP contribution < -0.4 is 11.1 Å². The number of benzene rings is 2. The van der Waals surface area contributed by atoms with Crippen LogP contribution in [0, 0.1) is 0 Å². The average Bonchev–Trinajstić information content (AvgIpc) is 2.80. The zero-order chi connectivity index (χ0) is 15.0. The summed E-state index contributed by atoms with van der Waals surface area (Å²) in [6.45, 7) is 0. The minimum Gasteiger partial charge on any atom is -0.399 e. The van der Waals surface area contributed by atoms with E-state index in [1.54, 1.807) is 18.2 Å². The van der Waals surface area contributed by atoms with Crippen molar-refractivity contribution in [3.63, 3.8) is 0 Å². The molecule has 2 aromatic carbocycles. The van der Waals surface area contributed by atoms with Crippen molar-refractivity contribution in [3.8, 4) is 0 Å². The van der Waals surface area contributed by atoms with Crippen molar-refractivity contribution in [2.75, 3.05) is 5.73 Å². The predicted molar refractivity (Wildman–Crippen MR) is 88.5 cm³/mol. The third-order valence-corrected chi connectivity index (χ3v) is 4.62. The maximum absolute atomic E-state index is 12.4. The van der Waals surface area contributed by atoms with Gasteiger partial charge in [0.05, 0.1) is 11.6 Å². The highest BCUT2D eigenvalue weighted by molar-refractivity contribution is 9.10. The monoisotopic (exact) mass is 364 g/mol. The molecule has 1 atom stereocenters. The summed E-state index contributed by atoms with van der Waals surface area (Å²) >= 11 is 9.28. The van der Waals surface area contributed by atoms with Crippen molar-refractivity contribution in [3.05, 3.63) is 62.6 Å². The fourth-order valence-corrected chi connectivity index (χ4v) is 3.56. The second-order valence-corrected chi connectivity index (χ2v) is 6.44. The largest absolute Gasteiger partial charge is 0.399 e. The number of halogens is 2. The van der Waals surface area contributed by atoms with Gasteiger partial charge in [-0.25, -0.2) is 0 Å². The number of rotatable bonds is 2. The van der Waals surface area contributed by atoms with E-state index in [1.807, 2.05) is 18.2 Å². The van der Waals surface area contributed by atoms with E-state index in [0.717, 1.165) is 24.1 Å². The molecule has 1 aliphatic carbocycles. The topological polar surface area (TPSA) is 55.1 Å². The minimum atomic E-state index is -0.104. The van der Waals surface area contributed by atoms with Gasteiger partial charge < -0.3 is 11.1 Å². The van der Waals surface area contributed by atoms with Gasteiger partial charge in [0, 0.05) is 15.2 Å². The molecule has 1 aliphatic rings. The molecule has 3 N–H and O–H groups in total. The number of aryl methyl sites for hydroxylation is 1. The lowest BCUT2D eigenvalue weighted by molar-refractivity contribution is 0.0936. The van der Waals surface area contributed by atoms with Crippen LogP contribution in [0.25, 0.3) is 0 Å². The number of nitrogen functional groups attached to an aromatic ring is 1. The van der Waals surface area contributed by atoms with Crippen molar-refractivity contribution in [1.29, 1.82) is 0 Å². The highest BCUT2D eigenvalue weighted by Gasteiger charge is 2.24. The van der Waals surface area contributed by atoms with Crippen molar-refractivity contribution in [2.24, 2.45) is 0 Å². The van der Waals surface area contributed by atoms with E-state index in [4.69, 9.17) is 17.3 Å². The van der Waals surface area contributed by atoms with Crippen LogP contribution in [0.5, 0.6) is 0 Å². The van der Waals surface area contributed by atoms with E-state index >= 15 is 0 Å². The van der Waals surface area contributed by atoms with Crippen LogP contribution in [0.3, 0.4) is 0 Å². The van der Waals surface area contributed by atoms with Crippen LogP contribution in [0.4, 0.5) is 5.69 Å². The van der Waals surface area contributed by atoms with Gasteiger partial charge in [0.1, 0.15) is 0 Å². The number of carbonyl (C=O) groups excluding carboxylic acids is 1. The number of hydrogen-bond donors (Lipinski definition) is 2. The summed E-state index contributed by atoms with van der Waals surface area (Å²) in [6.07, 6.45) is 1.84. The van der Waals surface area contributed by atoms with Crippen LogP contribution in [0.2, 0.25) is 5.02 Å². The van der Waals surface area contributed by atoms with E-state index in [0.29, 0.717) is 15.1 Å². The first-order chi connectivity index (χ1) is 10.0. The van der Waals surface area contributed by atoms with Gasteiger partial charge in [-0.3, -0.25) is 4.79 Å². The molecule has 0 saturated carbocycles. The Morgan fingerprint density at radius 1 is 1.29 bits per heavy atom. The molecule has 0 heterocycles. The highest BCUT2D eigenvalue weighted by Crippen LogP contribution is 2.33. The lowest BCUT2D eigenvalue weighted by Crippen LogP contribution is -2.27. The van der Waals surface area contributed by atoms with E-state index in [1.165, 1.54) is 5.56 Å². The molecule has 3 rings (SSSR count). The number of nitrogens with two attached hydrogens (primary N) is 1. The molecule has 108 valence electrons. The summed E-state index contributed by atoms with van der Waals surface area (Å²) < 4.78 is 0.697. The van der Waals surface area contributed by atoms with Gasteiger partial charge in [-0.2, -0.15) is 0 Å². The average molecular weight is 366 g/mol. The van der Waals surface area contributed by atoms with Crippen LogP contribution in [0.15, 0.2) is 40.9 Å². The quantitative estimate of drug-likeness (QED) is 0.787. The molecule has 0 aromatic heterocycles. The number of nitrogens with one attached hydrogen (secondary N) is 1. The Labute approximate surface area is 136 Å². The summed E-state index contributed by atoms with van der Waals surface area (Å²) in [5, 5.41) is 3.68. The Hall–Kier alpha value is -1.52. The Balaban J connectivity index is 1.81. The Kier molecular flexibility index (Phi) is 3.91. The highest BCUT2D eigenvalue weighted by atomic mass is 79.9. The predicted octanol–water partition coefficient (Wildman–Crippen LogP) is 4.10. The smallest absolute Gasteiger partial charge is 0.252 e. The van der Waals surface area contributed by atoms with Crippen molar-refractivity contribution >= 4 is 39.1 Å². The summed E-state index contributed by atoms with van der Waals surface area (Å²) in [5.74, 6) is -0.104. The molecule has 5 heteroatoms. The first-order valence-corrected chi connectivity index (χ1v) is 7.86. The molecule has 0 radical (unpaired) electrons. The standard InChI is InChI=1S/C16H14BrClN2O/c17-14-8-10(18)2-4-13(14)16(21)20-15-6-1-9-7-11(19)3-5-12(9)15/h2-5,7-8,15H,1,6,19H2,(H,20,21). The van der Waals surface area contributed by atoms with Crippen LogP contribution in [0.1, 0.15) is 33.9 Å². The van der Waals surface area contributed by atoms with Gasteiger partial charge >= 0.3 is 0 Å². The van der Waals surface area contributed by atoms with Gasteiger partial charge in [0.15, 0.2) is 0 Å². The van der Waals surface area contributed by atoms with Gasteiger partial charge in [0.25, 0.3) is 5.91 Å². The summed E-state index contributed by atoms with van der Waals surface area (Å²) in [7, 11) is 0. The Morgan fingerprint density at radius 3 is 2.86 bits per heavy atom. The molecule has 1 unspecified atom stereocenters. The lowest BCUT2D eigenvalue weighted by Gasteiger charge is -2.15. The number of hydrogen-bond acceptors (Lipinski definition) is 2. The zero-order valence-electron chi connectivity index (χ0n) is 11.2. The Bertz CT molecular complexity index is 717. The normalized spacial score (nSPS) is 16.6. The van der Waals surface area contributed by atoms with E-state index in [9.17, 15) is 4.79 Å². The van der Waals surface area contributed by atoms with Gasteiger partial charge in [-0.05, 0) is 70.2 Å². The minimum absolute atomic E-state index is 0.0377. The van der Waals surface area contributed by atoms with Crippen molar-refractivity contribution in [2.45, 2.75) is 18.9 Å². The van der Waals surface area contributed by atoms with Gasteiger partial charge in [-0.1, -0.05) is 17.7 Å². The van der Waals surface area contributed by atoms with E-state index in [-0.39, 0.29) is 11.9 Å². The van der Waals surface area contributed by atoms with Crippen LogP contribution in [-0.4, -0.2) is 5.91 Å². The second-order valence-electron chi connectivity index (χ2n) is 5.15. The molecular formula is C16H14BrClN2O. The molecule has 21 heavy (non-hydrogen) atoms. The van der Waals surface area contributed by atoms with E-state index < -0.39 is 0 Å². The van der Waals surface area contributed by atoms with Crippen molar-refractivity contribution in [1.82, 2.24) is 5.32 Å². The number of fused-ring (bicyclic) bond motifs is 1. The SMILES string of the molecule is Nc1ccc2c(c1)CCC2NC(=O)c1ccc(Cl)cc1Br. The van der Waals surface area contributed by atoms with Crippen LogP contribution in [-0.2, 0) is 6.42 Å². The zero-order valence-corrected chi connectivity index (χ0v) is 13.5.